The quantitative estimate of drug-likeness (QED) is 0.793. The zero-order chi connectivity index (χ0) is 12.6. The normalized spacial score (nSPS) is 12.8. The third-order valence-electron chi connectivity index (χ3n) is 2.48. The Bertz CT molecular complexity index is 534. The molecular weight excluding hydrogens is 341 g/mol. The van der Waals surface area contributed by atoms with Crippen LogP contribution in [0, 0.1) is 6.92 Å². The average molecular weight is 351 g/mol. The van der Waals surface area contributed by atoms with Gasteiger partial charge in [-0.1, -0.05) is 23.2 Å². The van der Waals surface area contributed by atoms with Crippen LogP contribution in [0.15, 0.2) is 28.7 Å². The number of aryl methyl sites for hydroxylation is 1. The molecule has 1 nitrogen and oxygen atoms in total. The van der Waals surface area contributed by atoms with E-state index in [2.05, 4.69) is 15.9 Å². The molecule has 0 saturated heterocycles. The van der Waals surface area contributed by atoms with Crippen LogP contribution in [-0.4, -0.2) is 0 Å². The molecule has 0 fully saturated rings. The molecule has 0 saturated carbocycles. The Morgan fingerprint density at radius 2 is 2.00 bits per heavy atom. The smallest absolute Gasteiger partial charge is 0.0661 e. The number of hydrogen-bond donors (Lipinski definition) is 1. The molecule has 0 spiro atoms. The lowest BCUT2D eigenvalue weighted by Gasteiger charge is -2.12. The van der Waals surface area contributed by atoms with Gasteiger partial charge in [0.2, 0.25) is 0 Å². The maximum atomic E-state index is 6.21. The Balaban J connectivity index is 2.42. The summed E-state index contributed by atoms with van der Waals surface area (Å²) in [5.74, 6) is 0. The van der Waals surface area contributed by atoms with Gasteiger partial charge in [-0.05, 0) is 52.7 Å². The van der Waals surface area contributed by atoms with Crippen molar-refractivity contribution in [1.29, 1.82) is 0 Å². The molecule has 0 aliphatic rings. The van der Waals surface area contributed by atoms with Crippen LogP contribution < -0.4 is 5.73 Å². The van der Waals surface area contributed by atoms with Gasteiger partial charge < -0.3 is 5.73 Å². The minimum atomic E-state index is -0.240. The molecule has 0 aliphatic heterocycles. The molecule has 0 aliphatic carbocycles. The maximum Gasteiger partial charge on any atom is 0.0661 e. The molecule has 0 amide bonds. The van der Waals surface area contributed by atoms with Crippen molar-refractivity contribution in [3.63, 3.8) is 0 Å². The van der Waals surface area contributed by atoms with E-state index in [1.807, 2.05) is 19.1 Å². The SMILES string of the molecule is Cc1sc(C(N)c2cc(Cl)ccc2Cl)cc1Br. The lowest BCUT2D eigenvalue weighted by atomic mass is 10.1. The summed E-state index contributed by atoms with van der Waals surface area (Å²) in [6, 6.07) is 7.14. The standard InChI is InChI=1S/C12H10BrCl2NS/c1-6-9(13)5-11(17-6)12(16)8-4-7(14)2-3-10(8)15/h2-5,12H,16H2,1H3. The van der Waals surface area contributed by atoms with Crippen molar-refractivity contribution in [2.75, 3.05) is 0 Å². The van der Waals surface area contributed by atoms with E-state index in [0.29, 0.717) is 10.0 Å². The number of benzene rings is 1. The van der Waals surface area contributed by atoms with Crippen LogP contribution in [0.5, 0.6) is 0 Å². The zero-order valence-corrected chi connectivity index (χ0v) is 12.9. The molecule has 1 aromatic heterocycles. The minimum Gasteiger partial charge on any atom is -0.320 e. The van der Waals surface area contributed by atoms with E-state index in [1.165, 1.54) is 4.88 Å². The first-order chi connectivity index (χ1) is 7.99. The van der Waals surface area contributed by atoms with E-state index in [9.17, 15) is 0 Å². The highest BCUT2D eigenvalue weighted by Gasteiger charge is 2.16. The molecule has 17 heavy (non-hydrogen) atoms. The summed E-state index contributed by atoms with van der Waals surface area (Å²) < 4.78 is 1.08. The molecule has 2 N–H and O–H groups in total. The van der Waals surface area contributed by atoms with Crippen molar-refractivity contribution in [3.05, 3.63) is 54.1 Å². The first-order valence-electron chi connectivity index (χ1n) is 4.95. The molecule has 2 rings (SSSR count). The third-order valence-corrected chi connectivity index (χ3v) is 5.27. The second-order valence-corrected chi connectivity index (χ2v) is 6.68. The number of thiophene rings is 1. The average Bonchev–Trinajstić information content (AvgIpc) is 2.62. The molecule has 5 heteroatoms. The highest BCUT2D eigenvalue weighted by atomic mass is 79.9. The van der Waals surface area contributed by atoms with Gasteiger partial charge in [-0.2, -0.15) is 0 Å². The summed E-state index contributed by atoms with van der Waals surface area (Å²) in [6.07, 6.45) is 0. The van der Waals surface area contributed by atoms with Crippen LogP contribution in [0.3, 0.4) is 0 Å². The van der Waals surface area contributed by atoms with Crippen molar-refractivity contribution < 1.29 is 0 Å². The molecule has 1 atom stereocenters. The Morgan fingerprint density at radius 3 is 2.59 bits per heavy atom. The molecule has 0 bridgehead atoms. The predicted molar refractivity (Wildman–Crippen MR) is 79.2 cm³/mol. The van der Waals surface area contributed by atoms with Crippen molar-refractivity contribution in [2.45, 2.75) is 13.0 Å². The van der Waals surface area contributed by atoms with Gasteiger partial charge in [0.1, 0.15) is 0 Å². The summed E-state index contributed by atoms with van der Waals surface area (Å²) in [4.78, 5) is 2.27. The zero-order valence-electron chi connectivity index (χ0n) is 9.01. The van der Waals surface area contributed by atoms with E-state index >= 15 is 0 Å². The molecule has 1 aromatic carbocycles. The molecule has 0 radical (unpaired) electrons. The van der Waals surface area contributed by atoms with Crippen molar-refractivity contribution in [3.8, 4) is 0 Å². The third kappa shape index (κ3) is 2.85. The van der Waals surface area contributed by atoms with E-state index in [0.717, 1.165) is 14.9 Å². The fourth-order valence-electron chi connectivity index (χ4n) is 1.54. The maximum absolute atomic E-state index is 6.21. The number of halogens is 3. The van der Waals surface area contributed by atoms with E-state index < -0.39 is 0 Å². The van der Waals surface area contributed by atoms with Crippen LogP contribution >= 0.6 is 50.5 Å². The lowest BCUT2D eigenvalue weighted by molar-refractivity contribution is 0.893. The summed E-state index contributed by atoms with van der Waals surface area (Å²) in [6.45, 7) is 2.05. The van der Waals surface area contributed by atoms with Gasteiger partial charge in [-0.15, -0.1) is 11.3 Å². The van der Waals surface area contributed by atoms with Crippen LogP contribution in [0.2, 0.25) is 10.0 Å². The topological polar surface area (TPSA) is 26.0 Å². The van der Waals surface area contributed by atoms with E-state index in [1.54, 1.807) is 23.5 Å². The van der Waals surface area contributed by atoms with Crippen LogP contribution in [0.4, 0.5) is 0 Å². The summed E-state index contributed by atoms with van der Waals surface area (Å²) >= 11 is 17.3. The number of rotatable bonds is 2. The van der Waals surface area contributed by atoms with Crippen LogP contribution in [-0.2, 0) is 0 Å². The van der Waals surface area contributed by atoms with Gasteiger partial charge in [0, 0.05) is 24.3 Å². The summed E-state index contributed by atoms with van der Waals surface area (Å²) in [7, 11) is 0. The van der Waals surface area contributed by atoms with E-state index in [4.69, 9.17) is 28.9 Å². The van der Waals surface area contributed by atoms with Gasteiger partial charge in [0.25, 0.3) is 0 Å². The molecule has 2 aromatic rings. The number of hydrogen-bond acceptors (Lipinski definition) is 2. The largest absolute Gasteiger partial charge is 0.320 e. The molecule has 90 valence electrons. The Kier molecular flexibility index (Phi) is 4.16. The first-order valence-corrected chi connectivity index (χ1v) is 7.32. The van der Waals surface area contributed by atoms with Crippen molar-refractivity contribution >= 4 is 50.5 Å². The first kappa shape index (κ1) is 13.4. The van der Waals surface area contributed by atoms with Crippen LogP contribution in [0.1, 0.15) is 21.4 Å². The minimum absolute atomic E-state index is 0.240. The van der Waals surface area contributed by atoms with Gasteiger partial charge in [0.05, 0.1) is 6.04 Å². The fraction of sp³-hybridized carbons (Fsp3) is 0.167. The van der Waals surface area contributed by atoms with Gasteiger partial charge in [-0.25, -0.2) is 0 Å². The molecule has 1 unspecified atom stereocenters. The van der Waals surface area contributed by atoms with Gasteiger partial charge in [-0.3, -0.25) is 0 Å². The second kappa shape index (κ2) is 5.29. The lowest BCUT2D eigenvalue weighted by Crippen LogP contribution is -2.10. The number of nitrogens with two attached hydrogens (primary N) is 1. The summed E-state index contributed by atoms with van der Waals surface area (Å²) in [5, 5.41) is 1.29. The van der Waals surface area contributed by atoms with E-state index in [-0.39, 0.29) is 6.04 Å². The van der Waals surface area contributed by atoms with Crippen LogP contribution in [0.25, 0.3) is 0 Å². The van der Waals surface area contributed by atoms with Gasteiger partial charge in [0.15, 0.2) is 0 Å². The fourth-order valence-corrected chi connectivity index (χ4v) is 3.54. The van der Waals surface area contributed by atoms with Crippen molar-refractivity contribution in [2.24, 2.45) is 5.73 Å². The second-order valence-electron chi connectivity index (χ2n) is 3.70. The predicted octanol–water partition coefficient (Wildman–Crippen LogP) is 5.17. The Labute approximate surface area is 123 Å². The highest BCUT2D eigenvalue weighted by Crippen LogP contribution is 2.35. The van der Waals surface area contributed by atoms with Gasteiger partial charge >= 0.3 is 0 Å². The molecule has 1 heterocycles. The summed E-state index contributed by atoms with van der Waals surface area (Å²) in [5.41, 5.74) is 7.07. The van der Waals surface area contributed by atoms with Crippen molar-refractivity contribution in [1.82, 2.24) is 0 Å². The Hall–Kier alpha value is -0.0600. The monoisotopic (exact) mass is 349 g/mol. The Morgan fingerprint density at radius 1 is 1.29 bits per heavy atom. The molecular formula is C12H10BrCl2NS. The highest BCUT2D eigenvalue weighted by molar-refractivity contribution is 9.10.